The van der Waals surface area contributed by atoms with E-state index in [1.54, 1.807) is 6.07 Å². The molecule has 0 atom stereocenters. The summed E-state index contributed by atoms with van der Waals surface area (Å²) in [6.45, 7) is 10.1. The molecule has 0 aliphatic heterocycles. The molecule has 3 rings (SSSR count). The molecule has 1 aliphatic carbocycles. The summed E-state index contributed by atoms with van der Waals surface area (Å²) < 4.78 is 14.3. The molecule has 1 aliphatic rings. The molecule has 1 fully saturated rings. The lowest BCUT2D eigenvalue weighted by Gasteiger charge is -2.22. The number of allylic oxidation sites excluding steroid dienone is 1. The second-order valence-electron chi connectivity index (χ2n) is 8.54. The van der Waals surface area contributed by atoms with E-state index in [1.165, 1.54) is 17.7 Å². The monoisotopic (exact) mass is 495 g/mol. The number of hydrogen-bond acceptors (Lipinski definition) is 4. The van der Waals surface area contributed by atoms with Crippen LogP contribution in [0.15, 0.2) is 70.7 Å². The van der Waals surface area contributed by atoms with Gasteiger partial charge in [-0.05, 0) is 63.6 Å². The van der Waals surface area contributed by atoms with E-state index in [4.69, 9.17) is 21.6 Å². The summed E-state index contributed by atoms with van der Waals surface area (Å²) >= 11 is 0. The third kappa shape index (κ3) is 10.2. The molecular formula is C30H42FN3O2. The molecule has 0 spiro atoms. The number of carboxylic acid groups (broad SMARTS) is 1. The number of hydrogen-bond donors (Lipinski definition) is 3. The van der Waals surface area contributed by atoms with Crippen molar-refractivity contribution in [1.29, 1.82) is 0 Å². The molecule has 5 N–H and O–H groups in total. The van der Waals surface area contributed by atoms with Crippen molar-refractivity contribution in [3.63, 3.8) is 0 Å². The Kier molecular flexibility index (Phi) is 14.0. The summed E-state index contributed by atoms with van der Waals surface area (Å²) in [6.07, 6.45) is 4.97. The van der Waals surface area contributed by atoms with E-state index in [2.05, 4.69) is 19.1 Å². The number of aryl methyl sites for hydroxylation is 2. The fraction of sp³-hybridized carbons (Fsp3) is 0.400. The van der Waals surface area contributed by atoms with Crippen molar-refractivity contribution in [2.75, 3.05) is 6.54 Å². The van der Waals surface area contributed by atoms with Crippen molar-refractivity contribution < 1.29 is 14.3 Å². The summed E-state index contributed by atoms with van der Waals surface area (Å²) in [4.78, 5) is 15.6. The minimum atomic E-state index is -0.901. The molecule has 0 saturated heterocycles. The number of nitrogens with zero attached hydrogens (tertiary/aromatic N) is 1. The maximum absolute atomic E-state index is 14.3. The van der Waals surface area contributed by atoms with E-state index in [0.29, 0.717) is 23.3 Å². The number of halogens is 1. The summed E-state index contributed by atoms with van der Waals surface area (Å²) in [5.41, 5.74) is 17.4. The molecule has 2 aromatic carbocycles. The number of aliphatic carboxylic acids is 1. The average molecular weight is 496 g/mol. The van der Waals surface area contributed by atoms with Gasteiger partial charge in [-0.1, -0.05) is 68.3 Å². The molecule has 0 unspecified atom stereocenters. The Bertz CT molecular complexity index is 1050. The van der Waals surface area contributed by atoms with Gasteiger partial charge in [0.05, 0.1) is 6.04 Å². The highest BCUT2D eigenvalue weighted by Crippen LogP contribution is 2.27. The highest BCUT2D eigenvalue weighted by Gasteiger charge is 2.19. The van der Waals surface area contributed by atoms with Crippen molar-refractivity contribution in [3.05, 3.63) is 88.3 Å². The Hall–Kier alpha value is -3.25. The lowest BCUT2D eigenvalue weighted by atomic mass is 9.90. The smallest absolute Gasteiger partial charge is 0.328 e. The molecule has 36 heavy (non-hydrogen) atoms. The molecule has 196 valence electrons. The van der Waals surface area contributed by atoms with Gasteiger partial charge in [-0.15, -0.1) is 0 Å². The van der Waals surface area contributed by atoms with Crippen molar-refractivity contribution in [3.8, 4) is 0 Å². The molecule has 0 radical (unpaired) electrons. The van der Waals surface area contributed by atoms with Crippen LogP contribution in [0.25, 0.3) is 5.70 Å². The van der Waals surface area contributed by atoms with Crippen LogP contribution < -0.4 is 11.5 Å². The predicted octanol–water partition coefficient (Wildman–Crippen LogP) is 6.59. The van der Waals surface area contributed by atoms with Gasteiger partial charge in [0.15, 0.2) is 0 Å². The first-order chi connectivity index (χ1) is 17.2. The standard InChI is InChI=1S/C21H28FN3O2.C7H8.C2H6/c1-3-19(25-15-7-5-14(6-8-15)11-20(26)27)17(12-23)21(24)16-9-4-13(2)10-18(16)22;1-7-5-3-2-4-6-7;1-2/h4,9-11,15H,3,5-8,12,23-24H2,1-2H3,(H,26,27);2-6H,1H3;1-2H3/b14-11?,21-17-,25-19?;;. The van der Waals surface area contributed by atoms with E-state index in [0.717, 1.165) is 42.5 Å². The Morgan fingerprint density at radius 1 is 1.08 bits per heavy atom. The normalized spacial score (nSPS) is 16.0. The van der Waals surface area contributed by atoms with Crippen molar-refractivity contribution in [1.82, 2.24) is 0 Å². The highest BCUT2D eigenvalue weighted by atomic mass is 19.1. The average Bonchev–Trinajstić information content (AvgIpc) is 2.86. The Morgan fingerprint density at radius 3 is 2.14 bits per heavy atom. The minimum Gasteiger partial charge on any atom is -0.478 e. The second-order valence-corrected chi connectivity index (χ2v) is 8.54. The third-order valence-corrected chi connectivity index (χ3v) is 5.83. The van der Waals surface area contributed by atoms with Crippen LogP contribution in [0.4, 0.5) is 4.39 Å². The molecular weight excluding hydrogens is 453 g/mol. The molecule has 5 nitrogen and oxygen atoms in total. The van der Waals surface area contributed by atoms with Gasteiger partial charge in [-0.25, -0.2) is 9.18 Å². The van der Waals surface area contributed by atoms with E-state index in [9.17, 15) is 9.18 Å². The lowest BCUT2D eigenvalue weighted by molar-refractivity contribution is -0.131. The van der Waals surface area contributed by atoms with Gasteiger partial charge < -0.3 is 16.6 Å². The molecule has 6 heteroatoms. The maximum Gasteiger partial charge on any atom is 0.328 e. The molecule has 1 saturated carbocycles. The Morgan fingerprint density at radius 2 is 1.69 bits per heavy atom. The predicted molar refractivity (Wildman–Crippen MR) is 150 cm³/mol. The van der Waals surface area contributed by atoms with Crippen LogP contribution in [0.2, 0.25) is 0 Å². The van der Waals surface area contributed by atoms with Crippen molar-refractivity contribution >= 4 is 17.4 Å². The van der Waals surface area contributed by atoms with Crippen LogP contribution in [-0.2, 0) is 4.79 Å². The van der Waals surface area contributed by atoms with Crippen LogP contribution in [0.1, 0.15) is 69.6 Å². The number of nitrogens with two attached hydrogens (primary N) is 2. The van der Waals surface area contributed by atoms with E-state index in [1.807, 2.05) is 52.0 Å². The molecule has 0 aromatic heterocycles. The van der Waals surface area contributed by atoms with Crippen LogP contribution in [0.5, 0.6) is 0 Å². The van der Waals surface area contributed by atoms with Gasteiger partial charge in [-0.2, -0.15) is 0 Å². The lowest BCUT2D eigenvalue weighted by Crippen LogP contribution is -2.21. The van der Waals surface area contributed by atoms with E-state index < -0.39 is 5.97 Å². The first kappa shape index (κ1) is 30.8. The van der Waals surface area contributed by atoms with E-state index >= 15 is 0 Å². The molecule has 0 amide bonds. The van der Waals surface area contributed by atoms with Gasteiger partial charge in [0.25, 0.3) is 0 Å². The second kappa shape index (κ2) is 16.4. The zero-order valence-electron chi connectivity index (χ0n) is 22.4. The van der Waals surface area contributed by atoms with Gasteiger partial charge in [0.2, 0.25) is 0 Å². The minimum absolute atomic E-state index is 0.100. The largest absolute Gasteiger partial charge is 0.478 e. The van der Waals surface area contributed by atoms with Crippen LogP contribution in [0.3, 0.4) is 0 Å². The van der Waals surface area contributed by atoms with Gasteiger partial charge in [0, 0.05) is 35.2 Å². The molecule has 2 aromatic rings. The van der Waals surface area contributed by atoms with Crippen molar-refractivity contribution in [2.24, 2.45) is 16.5 Å². The first-order valence-corrected chi connectivity index (χ1v) is 12.7. The number of benzene rings is 2. The Labute approximate surface area is 215 Å². The maximum atomic E-state index is 14.3. The zero-order valence-corrected chi connectivity index (χ0v) is 22.4. The highest BCUT2D eigenvalue weighted by molar-refractivity contribution is 6.06. The summed E-state index contributed by atoms with van der Waals surface area (Å²) in [6, 6.07) is 15.3. The first-order valence-electron chi connectivity index (χ1n) is 12.7. The molecule has 0 heterocycles. The van der Waals surface area contributed by atoms with E-state index in [-0.39, 0.29) is 18.4 Å². The fourth-order valence-corrected chi connectivity index (χ4v) is 3.94. The number of aliphatic imine (C=N–C) groups is 1. The van der Waals surface area contributed by atoms with Crippen LogP contribution in [0, 0.1) is 19.7 Å². The van der Waals surface area contributed by atoms with Crippen LogP contribution >= 0.6 is 0 Å². The number of rotatable bonds is 6. The SMILES string of the molecule is CC.CCC(=NC1CCC(=CC(=O)O)CC1)/C(CN)=C(\N)c1ccc(C)cc1F.Cc1ccccc1. The Balaban J connectivity index is 0.000000609. The van der Waals surface area contributed by atoms with Crippen LogP contribution in [-0.4, -0.2) is 29.4 Å². The number of carboxylic acids is 1. The van der Waals surface area contributed by atoms with Gasteiger partial charge >= 0.3 is 5.97 Å². The van der Waals surface area contributed by atoms with Gasteiger partial charge in [-0.3, -0.25) is 4.99 Å². The quantitative estimate of drug-likeness (QED) is 0.311. The number of carbonyl (C=O) groups is 1. The van der Waals surface area contributed by atoms with Crippen molar-refractivity contribution in [2.45, 2.75) is 72.8 Å². The summed E-state index contributed by atoms with van der Waals surface area (Å²) in [7, 11) is 0. The summed E-state index contributed by atoms with van der Waals surface area (Å²) in [5, 5.41) is 8.86. The zero-order chi connectivity index (χ0) is 27.1. The summed E-state index contributed by atoms with van der Waals surface area (Å²) in [5.74, 6) is -1.27. The molecule has 0 bridgehead atoms. The fourth-order valence-electron chi connectivity index (χ4n) is 3.94. The third-order valence-electron chi connectivity index (χ3n) is 5.83. The topological polar surface area (TPSA) is 102 Å². The van der Waals surface area contributed by atoms with Gasteiger partial charge in [0.1, 0.15) is 5.82 Å².